The number of esters is 1. The highest BCUT2D eigenvalue weighted by Gasteiger charge is 2.49. The predicted octanol–water partition coefficient (Wildman–Crippen LogP) is 4.41. The number of benzene rings is 1. The van der Waals surface area contributed by atoms with Crippen molar-refractivity contribution in [1.29, 1.82) is 0 Å². The summed E-state index contributed by atoms with van der Waals surface area (Å²) in [6.45, 7) is 8.94. The maximum Gasteiger partial charge on any atom is 0.328 e. The number of rotatable bonds is 2. The van der Waals surface area contributed by atoms with E-state index in [2.05, 4.69) is 15.9 Å². The maximum absolute atomic E-state index is 12.5. The first-order chi connectivity index (χ1) is 9.85. The topological polar surface area (TPSA) is 70.0 Å². The molecule has 0 spiro atoms. The van der Waals surface area contributed by atoms with Gasteiger partial charge >= 0.3 is 5.97 Å². The largest absolute Gasteiger partial charge is 0.459 e. The summed E-state index contributed by atoms with van der Waals surface area (Å²) in [5.74, 6) is -0.480. The standard InChI is InChI=1S/C15H22BrNO4S/c1-14(2,3)21-13(18)15(4,5)17-9-10-8-11(16)6-7-12(10)22(17,19)20/h6-8,19-20H,9H2,1-5H3. The molecule has 22 heavy (non-hydrogen) atoms. The van der Waals surface area contributed by atoms with Crippen LogP contribution in [0.1, 0.15) is 40.2 Å². The van der Waals surface area contributed by atoms with E-state index in [0.29, 0.717) is 4.90 Å². The Labute approximate surface area is 141 Å². The van der Waals surface area contributed by atoms with Gasteiger partial charge in [0, 0.05) is 11.0 Å². The van der Waals surface area contributed by atoms with Crippen LogP contribution in [0.2, 0.25) is 0 Å². The summed E-state index contributed by atoms with van der Waals surface area (Å²) in [4.78, 5) is 13.0. The molecule has 0 aliphatic carbocycles. The Morgan fingerprint density at radius 1 is 1.27 bits per heavy atom. The molecule has 0 unspecified atom stereocenters. The van der Waals surface area contributed by atoms with E-state index in [1.54, 1.807) is 46.8 Å². The van der Waals surface area contributed by atoms with E-state index in [-0.39, 0.29) is 6.54 Å². The Morgan fingerprint density at radius 2 is 1.86 bits per heavy atom. The van der Waals surface area contributed by atoms with Crippen molar-refractivity contribution in [3.63, 3.8) is 0 Å². The molecule has 0 atom stereocenters. The van der Waals surface area contributed by atoms with Crippen molar-refractivity contribution in [2.45, 2.75) is 57.2 Å². The van der Waals surface area contributed by atoms with Gasteiger partial charge in [0.1, 0.15) is 11.1 Å². The van der Waals surface area contributed by atoms with Crippen LogP contribution in [0.25, 0.3) is 0 Å². The number of fused-ring (bicyclic) bond motifs is 1. The number of hydrogen-bond donors (Lipinski definition) is 2. The van der Waals surface area contributed by atoms with Gasteiger partial charge in [0.2, 0.25) is 0 Å². The van der Waals surface area contributed by atoms with Crippen LogP contribution in [0.15, 0.2) is 27.6 Å². The maximum atomic E-state index is 12.5. The molecule has 0 fully saturated rings. The van der Waals surface area contributed by atoms with Crippen LogP contribution >= 0.6 is 26.7 Å². The molecule has 2 N–H and O–H groups in total. The van der Waals surface area contributed by atoms with E-state index in [1.165, 1.54) is 4.31 Å². The molecule has 1 aromatic rings. The Balaban J connectivity index is 2.35. The van der Waals surface area contributed by atoms with Crippen LogP contribution in [-0.4, -0.2) is 30.5 Å². The molecule has 7 heteroatoms. The number of carbonyl (C=O) groups is 1. The zero-order valence-corrected chi connectivity index (χ0v) is 15.8. The molecule has 0 bridgehead atoms. The molecule has 0 saturated heterocycles. The van der Waals surface area contributed by atoms with Crippen molar-refractivity contribution in [2.24, 2.45) is 0 Å². The van der Waals surface area contributed by atoms with E-state index in [9.17, 15) is 13.9 Å². The van der Waals surface area contributed by atoms with Gasteiger partial charge in [0.15, 0.2) is 0 Å². The molecular formula is C15H22BrNO4S. The molecule has 0 radical (unpaired) electrons. The lowest BCUT2D eigenvalue weighted by atomic mass is 10.0. The molecule has 2 rings (SSSR count). The van der Waals surface area contributed by atoms with Gasteiger partial charge in [-0.25, -0.2) is 4.79 Å². The molecule has 0 saturated carbocycles. The number of nitrogens with zero attached hydrogens (tertiary/aromatic N) is 1. The van der Waals surface area contributed by atoms with Crippen LogP contribution in [-0.2, 0) is 16.1 Å². The van der Waals surface area contributed by atoms with Crippen LogP contribution in [0, 0.1) is 0 Å². The normalized spacial score (nSPS) is 19.6. The van der Waals surface area contributed by atoms with Gasteiger partial charge in [0.25, 0.3) is 0 Å². The third-order valence-electron chi connectivity index (χ3n) is 3.46. The van der Waals surface area contributed by atoms with E-state index in [1.807, 2.05) is 6.07 Å². The van der Waals surface area contributed by atoms with Gasteiger partial charge in [-0.1, -0.05) is 15.9 Å². The molecule has 5 nitrogen and oxygen atoms in total. The SMILES string of the molecule is CC(C)(C)OC(=O)C(C)(C)N1Cc2cc(Br)ccc2S1(O)O. The summed E-state index contributed by atoms with van der Waals surface area (Å²) in [6.07, 6.45) is 0. The van der Waals surface area contributed by atoms with Crippen molar-refractivity contribution in [2.75, 3.05) is 0 Å². The smallest absolute Gasteiger partial charge is 0.328 e. The highest BCUT2D eigenvalue weighted by Crippen LogP contribution is 2.61. The molecule has 124 valence electrons. The quantitative estimate of drug-likeness (QED) is 0.730. The summed E-state index contributed by atoms with van der Waals surface area (Å²) in [6, 6.07) is 5.28. The van der Waals surface area contributed by atoms with Gasteiger partial charge in [-0.15, -0.1) is 10.8 Å². The molecule has 1 heterocycles. The molecule has 1 aromatic carbocycles. The van der Waals surface area contributed by atoms with Gasteiger partial charge in [0.05, 0.1) is 4.90 Å². The fraction of sp³-hybridized carbons (Fsp3) is 0.533. The number of halogens is 1. The summed E-state index contributed by atoms with van der Waals surface area (Å²) in [5, 5.41) is 0. The monoisotopic (exact) mass is 391 g/mol. The average Bonchev–Trinajstić information content (AvgIpc) is 2.58. The highest BCUT2D eigenvalue weighted by molar-refractivity contribution is 9.10. The molecular weight excluding hydrogens is 370 g/mol. The summed E-state index contributed by atoms with van der Waals surface area (Å²) < 4.78 is 29.0. The van der Waals surface area contributed by atoms with Crippen molar-refractivity contribution in [1.82, 2.24) is 4.31 Å². The number of hydrogen-bond acceptors (Lipinski definition) is 5. The van der Waals surface area contributed by atoms with Gasteiger partial charge in [-0.3, -0.25) is 9.11 Å². The van der Waals surface area contributed by atoms with Crippen molar-refractivity contribution in [3.8, 4) is 0 Å². The molecule has 0 aromatic heterocycles. The first-order valence-electron chi connectivity index (χ1n) is 6.93. The summed E-state index contributed by atoms with van der Waals surface area (Å²) in [7, 11) is -3.21. The lowest BCUT2D eigenvalue weighted by Gasteiger charge is -2.45. The molecule has 0 amide bonds. The van der Waals surface area contributed by atoms with E-state index in [4.69, 9.17) is 4.74 Å². The predicted molar refractivity (Wildman–Crippen MR) is 90.7 cm³/mol. The Hall–Kier alpha value is -0.600. The van der Waals surface area contributed by atoms with Gasteiger partial charge in [-0.05, 0) is 58.4 Å². The van der Waals surface area contributed by atoms with Crippen molar-refractivity contribution < 1.29 is 18.6 Å². The lowest BCUT2D eigenvalue weighted by molar-refractivity contribution is -0.165. The van der Waals surface area contributed by atoms with Crippen LogP contribution < -0.4 is 0 Å². The number of ether oxygens (including phenoxy) is 1. The van der Waals surface area contributed by atoms with E-state index < -0.39 is 27.9 Å². The Morgan fingerprint density at radius 3 is 2.41 bits per heavy atom. The minimum Gasteiger partial charge on any atom is -0.459 e. The Kier molecular flexibility index (Phi) is 4.43. The van der Waals surface area contributed by atoms with Crippen molar-refractivity contribution in [3.05, 3.63) is 28.2 Å². The second-order valence-electron chi connectivity index (χ2n) is 6.87. The molecule has 1 aliphatic rings. The third-order valence-corrected chi connectivity index (χ3v) is 6.14. The van der Waals surface area contributed by atoms with Crippen molar-refractivity contribution >= 4 is 32.7 Å². The lowest BCUT2D eigenvalue weighted by Crippen LogP contribution is -2.51. The minimum absolute atomic E-state index is 0.281. The summed E-state index contributed by atoms with van der Waals surface area (Å²) in [5.41, 5.74) is -0.990. The first kappa shape index (κ1) is 17.7. The van der Waals surface area contributed by atoms with Gasteiger partial charge in [-0.2, -0.15) is 4.31 Å². The van der Waals surface area contributed by atoms with Crippen LogP contribution in [0.3, 0.4) is 0 Å². The zero-order chi connectivity index (χ0) is 16.9. The van der Waals surface area contributed by atoms with Crippen LogP contribution in [0.5, 0.6) is 0 Å². The first-order valence-corrected chi connectivity index (χ1v) is 9.23. The van der Waals surface area contributed by atoms with E-state index >= 15 is 0 Å². The zero-order valence-electron chi connectivity index (χ0n) is 13.4. The average molecular weight is 392 g/mol. The second kappa shape index (κ2) is 5.49. The Bertz CT molecular complexity index is 610. The fourth-order valence-electron chi connectivity index (χ4n) is 2.32. The van der Waals surface area contributed by atoms with Gasteiger partial charge < -0.3 is 4.74 Å². The highest BCUT2D eigenvalue weighted by atomic mass is 79.9. The van der Waals surface area contributed by atoms with Crippen LogP contribution in [0.4, 0.5) is 0 Å². The summed E-state index contributed by atoms with van der Waals surface area (Å²) >= 11 is 3.38. The molecule has 1 aliphatic heterocycles. The third kappa shape index (κ3) is 3.19. The number of carbonyl (C=O) groups excluding carboxylic acids is 1. The fourth-order valence-corrected chi connectivity index (χ4v) is 4.72. The second-order valence-corrected chi connectivity index (χ2v) is 9.70. The van der Waals surface area contributed by atoms with E-state index in [0.717, 1.165) is 10.0 Å². The minimum atomic E-state index is -3.21.